The maximum absolute atomic E-state index is 12.0. The van der Waals surface area contributed by atoms with Gasteiger partial charge < -0.3 is 14.8 Å². The van der Waals surface area contributed by atoms with E-state index in [9.17, 15) is 13.2 Å². The minimum absolute atomic E-state index is 0.0503. The van der Waals surface area contributed by atoms with Crippen LogP contribution in [0.25, 0.3) is 0 Å². The van der Waals surface area contributed by atoms with Crippen LogP contribution >= 0.6 is 0 Å². The first-order chi connectivity index (χ1) is 10.5. The van der Waals surface area contributed by atoms with Crippen molar-refractivity contribution in [2.24, 2.45) is 0 Å². The highest BCUT2D eigenvalue weighted by molar-refractivity contribution is 7.89. The molecule has 2 rings (SSSR count). The lowest BCUT2D eigenvalue weighted by Crippen LogP contribution is -2.34. The summed E-state index contributed by atoms with van der Waals surface area (Å²) in [7, 11) is -3.35. The zero-order valence-electron chi connectivity index (χ0n) is 12.4. The summed E-state index contributed by atoms with van der Waals surface area (Å²) in [5.74, 6) is 0.621. The molecule has 7 nitrogen and oxygen atoms in total. The molecule has 0 atom stereocenters. The first-order valence-electron chi connectivity index (χ1n) is 7.17. The molecule has 1 aliphatic heterocycles. The number of carbonyl (C=O) groups is 1. The van der Waals surface area contributed by atoms with Gasteiger partial charge in [0.25, 0.3) is 5.91 Å². The Morgan fingerprint density at radius 3 is 2.77 bits per heavy atom. The number of carbonyl (C=O) groups excluding carboxylic acids is 1. The molecule has 0 bridgehead atoms. The first kappa shape index (κ1) is 16.6. The third-order valence-corrected chi connectivity index (χ3v) is 4.53. The first-order valence-corrected chi connectivity index (χ1v) is 8.82. The average molecular weight is 328 g/mol. The molecular weight excluding hydrogens is 308 g/mol. The van der Waals surface area contributed by atoms with Gasteiger partial charge in [-0.1, -0.05) is 13.3 Å². The predicted molar refractivity (Wildman–Crippen MR) is 81.6 cm³/mol. The van der Waals surface area contributed by atoms with Gasteiger partial charge in [0.2, 0.25) is 16.8 Å². The van der Waals surface area contributed by atoms with Crippen LogP contribution in [-0.4, -0.2) is 40.0 Å². The molecule has 0 spiro atoms. The van der Waals surface area contributed by atoms with Crippen LogP contribution in [0.15, 0.2) is 18.2 Å². The summed E-state index contributed by atoms with van der Waals surface area (Å²) < 4.78 is 36.2. The van der Waals surface area contributed by atoms with E-state index in [1.54, 1.807) is 18.2 Å². The molecule has 1 aromatic carbocycles. The van der Waals surface area contributed by atoms with Crippen LogP contribution in [0.3, 0.4) is 0 Å². The van der Waals surface area contributed by atoms with Gasteiger partial charge in [-0.2, -0.15) is 0 Å². The smallest absolute Gasteiger partial charge is 0.251 e. The molecule has 0 saturated heterocycles. The number of hydrogen-bond donors (Lipinski definition) is 2. The lowest BCUT2D eigenvalue weighted by molar-refractivity contribution is 0.0955. The third-order valence-electron chi connectivity index (χ3n) is 3.14. The van der Waals surface area contributed by atoms with Crippen LogP contribution in [0.4, 0.5) is 0 Å². The molecule has 1 aliphatic rings. The second-order valence-corrected chi connectivity index (χ2v) is 6.82. The number of unbranched alkanes of at least 4 members (excludes halogenated alkanes) is 1. The molecule has 2 N–H and O–H groups in total. The lowest BCUT2D eigenvalue weighted by atomic mass is 10.2. The second kappa shape index (κ2) is 7.46. The molecule has 22 heavy (non-hydrogen) atoms. The van der Waals surface area contributed by atoms with Crippen molar-refractivity contribution < 1.29 is 22.7 Å². The highest BCUT2D eigenvalue weighted by Gasteiger charge is 2.16. The standard InChI is InChI=1S/C14H20N2O5S/c1-2-3-6-16-22(18,19)8-7-15-14(17)11-4-5-12-13(9-11)21-10-20-12/h4-5,9,16H,2-3,6-8,10H2,1H3,(H,15,17). The molecule has 1 aromatic rings. The summed E-state index contributed by atoms with van der Waals surface area (Å²) >= 11 is 0. The van der Waals surface area contributed by atoms with Crippen molar-refractivity contribution in [3.63, 3.8) is 0 Å². The van der Waals surface area contributed by atoms with Gasteiger partial charge in [-0.25, -0.2) is 13.1 Å². The number of amides is 1. The average Bonchev–Trinajstić information content (AvgIpc) is 2.94. The van der Waals surface area contributed by atoms with E-state index >= 15 is 0 Å². The molecule has 0 radical (unpaired) electrons. The minimum atomic E-state index is -3.35. The Bertz CT molecular complexity index is 630. The molecular formula is C14H20N2O5S. The Labute approximate surface area is 130 Å². The fourth-order valence-corrected chi connectivity index (χ4v) is 2.89. The Morgan fingerprint density at radius 2 is 2.00 bits per heavy atom. The summed E-state index contributed by atoms with van der Waals surface area (Å²) in [5.41, 5.74) is 0.403. The van der Waals surface area contributed by atoms with Gasteiger partial charge in [0.05, 0.1) is 5.75 Å². The van der Waals surface area contributed by atoms with Crippen molar-refractivity contribution in [1.82, 2.24) is 10.0 Å². The summed E-state index contributed by atoms with van der Waals surface area (Å²) in [6.07, 6.45) is 1.71. The summed E-state index contributed by atoms with van der Waals surface area (Å²) in [5, 5.41) is 2.58. The summed E-state index contributed by atoms with van der Waals surface area (Å²) in [6.45, 7) is 2.60. The van der Waals surface area contributed by atoms with Crippen LogP contribution in [0.2, 0.25) is 0 Å². The SMILES string of the molecule is CCCCNS(=O)(=O)CCNC(=O)c1ccc2c(c1)OCO2. The molecule has 0 aromatic heterocycles. The molecule has 0 unspecified atom stereocenters. The molecule has 122 valence electrons. The van der Waals surface area contributed by atoms with Crippen LogP contribution < -0.4 is 19.5 Å². The molecule has 0 saturated carbocycles. The second-order valence-electron chi connectivity index (χ2n) is 4.89. The van der Waals surface area contributed by atoms with E-state index < -0.39 is 10.0 Å². The van der Waals surface area contributed by atoms with Crippen molar-refractivity contribution in [2.75, 3.05) is 25.6 Å². The van der Waals surface area contributed by atoms with Gasteiger partial charge >= 0.3 is 0 Å². The summed E-state index contributed by atoms with van der Waals surface area (Å²) in [6, 6.07) is 4.84. The van der Waals surface area contributed by atoms with Gasteiger partial charge in [-0.3, -0.25) is 4.79 Å². The number of fused-ring (bicyclic) bond motifs is 1. The van der Waals surface area contributed by atoms with Crippen molar-refractivity contribution in [2.45, 2.75) is 19.8 Å². The highest BCUT2D eigenvalue weighted by Crippen LogP contribution is 2.32. The normalized spacial score (nSPS) is 13.1. The van der Waals surface area contributed by atoms with Gasteiger partial charge in [0.1, 0.15) is 0 Å². The van der Waals surface area contributed by atoms with Crippen LogP contribution in [0.5, 0.6) is 11.5 Å². The van der Waals surface area contributed by atoms with E-state index in [0.717, 1.165) is 12.8 Å². The van der Waals surface area contributed by atoms with Gasteiger partial charge in [-0.05, 0) is 24.6 Å². The Kier molecular flexibility index (Phi) is 5.62. The van der Waals surface area contributed by atoms with Crippen LogP contribution in [-0.2, 0) is 10.0 Å². The number of hydrogen-bond acceptors (Lipinski definition) is 5. The highest BCUT2D eigenvalue weighted by atomic mass is 32.2. The minimum Gasteiger partial charge on any atom is -0.454 e. The monoisotopic (exact) mass is 328 g/mol. The zero-order chi connectivity index (χ0) is 16.0. The topological polar surface area (TPSA) is 93.7 Å². The van der Waals surface area contributed by atoms with Gasteiger partial charge in [0, 0.05) is 18.7 Å². The molecule has 1 heterocycles. The van der Waals surface area contributed by atoms with Gasteiger partial charge in [0.15, 0.2) is 11.5 Å². The van der Waals surface area contributed by atoms with Crippen molar-refractivity contribution in [3.8, 4) is 11.5 Å². The third kappa shape index (κ3) is 4.60. The molecule has 8 heteroatoms. The number of benzene rings is 1. The summed E-state index contributed by atoms with van der Waals surface area (Å²) in [4.78, 5) is 12.0. The van der Waals surface area contributed by atoms with Crippen LogP contribution in [0, 0.1) is 0 Å². The van der Waals surface area contributed by atoms with Crippen molar-refractivity contribution in [3.05, 3.63) is 23.8 Å². The van der Waals surface area contributed by atoms with E-state index in [-0.39, 0.29) is 25.0 Å². The fraction of sp³-hybridized carbons (Fsp3) is 0.500. The Morgan fingerprint density at radius 1 is 1.23 bits per heavy atom. The fourth-order valence-electron chi connectivity index (χ4n) is 1.92. The van der Waals surface area contributed by atoms with E-state index in [1.807, 2.05) is 6.92 Å². The molecule has 0 aliphatic carbocycles. The van der Waals surface area contributed by atoms with E-state index in [4.69, 9.17) is 9.47 Å². The number of ether oxygens (including phenoxy) is 2. The van der Waals surface area contributed by atoms with Gasteiger partial charge in [-0.15, -0.1) is 0 Å². The zero-order valence-corrected chi connectivity index (χ0v) is 13.2. The lowest BCUT2D eigenvalue weighted by Gasteiger charge is -2.08. The number of sulfonamides is 1. The molecule has 0 fully saturated rings. The van der Waals surface area contributed by atoms with Crippen molar-refractivity contribution in [1.29, 1.82) is 0 Å². The largest absolute Gasteiger partial charge is 0.454 e. The Hall–Kier alpha value is -1.80. The van der Waals surface area contributed by atoms with E-state index in [1.165, 1.54) is 0 Å². The number of rotatable bonds is 8. The van der Waals surface area contributed by atoms with Crippen molar-refractivity contribution >= 4 is 15.9 Å². The maximum atomic E-state index is 12.0. The predicted octanol–water partition coefficient (Wildman–Crippen LogP) is 0.865. The quantitative estimate of drug-likeness (QED) is 0.691. The van der Waals surface area contributed by atoms with E-state index in [2.05, 4.69) is 10.0 Å². The van der Waals surface area contributed by atoms with Crippen LogP contribution in [0.1, 0.15) is 30.1 Å². The maximum Gasteiger partial charge on any atom is 0.251 e. The molecule has 1 amide bonds. The Balaban J connectivity index is 1.80. The van der Waals surface area contributed by atoms with E-state index in [0.29, 0.717) is 23.6 Å². The number of nitrogens with one attached hydrogen (secondary N) is 2.